The maximum absolute atomic E-state index is 12.9. The molecule has 2 aliphatic heterocycles. The van der Waals surface area contributed by atoms with Gasteiger partial charge in [0.15, 0.2) is 5.54 Å². The van der Waals surface area contributed by atoms with Crippen LogP contribution in [0.25, 0.3) is 0 Å². The maximum Gasteiger partial charge on any atom is 0.333 e. The van der Waals surface area contributed by atoms with Crippen molar-refractivity contribution >= 4 is 17.6 Å². The van der Waals surface area contributed by atoms with Gasteiger partial charge in [-0.25, -0.2) is 4.79 Å². The summed E-state index contributed by atoms with van der Waals surface area (Å²) in [6, 6.07) is 15.0. The minimum Gasteiger partial charge on any atom is -0.459 e. The largest absolute Gasteiger partial charge is 0.459 e. The minimum absolute atomic E-state index is 0.0248. The number of para-hydroxylation sites is 1. The molecular weight excluding hydrogens is 352 g/mol. The molecule has 0 bridgehead atoms. The highest BCUT2D eigenvalue weighted by molar-refractivity contribution is 5.98. The Morgan fingerprint density at radius 2 is 1.89 bits per heavy atom. The number of hydrogen-bond acceptors (Lipinski definition) is 7. The van der Waals surface area contributed by atoms with E-state index in [2.05, 4.69) is 5.32 Å². The van der Waals surface area contributed by atoms with Crippen LogP contribution in [0.3, 0.4) is 0 Å². The molecule has 0 spiro atoms. The molecule has 27 heavy (non-hydrogen) atoms. The summed E-state index contributed by atoms with van der Waals surface area (Å²) in [5.41, 5.74) is -2.38. The molecule has 2 saturated heterocycles. The van der Waals surface area contributed by atoms with Gasteiger partial charge in [-0.1, -0.05) is 42.5 Å². The number of nitrogens with one attached hydrogen (secondary N) is 1. The summed E-state index contributed by atoms with van der Waals surface area (Å²) in [5.74, 6) is -2.13. The van der Waals surface area contributed by atoms with E-state index in [0.29, 0.717) is 0 Å². The van der Waals surface area contributed by atoms with Crippen LogP contribution in [0.1, 0.15) is 18.1 Å². The topological polar surface area (TPSA) is 118 Å². The molecule has 0 saturated carbocycles. The van der Waals surface area contributed by atoms with E-state index in [1.165, 1.54) is 18.2 Å². The summed E-state index contributed by atoms with van der Waals surface area (Å²) in [5, 5.41) is 14.3. The lowest BCUT2D eigenvalue weighted by molar-refractivity contribution is -0.386. The monoisotopic (exact) mass is 368 g/mol. The molecule has 3 atom stereocenters. The first-order valence-electron chi connectivity index (χ1n) is 8.39. The lowest BCUT2D eigenvalue weighted by atomic mass is 9.87. The smallest absolute Gasteiger partial charge is 0.333 e. The Balaban J connectivity index is 1.68. The van der Waals surface area contributed by atoms with Crippen molar-refractivity contribution < 1.29 is 24.0 Å². The lowest BCUT2D eigenvalue weighted by Gasteiger charge is -2.15. The van der Waals surface area contributed by atoms with Gasteiger partial charge in [-0.2, -0.15) is 0 Å². The van der Waals surface area contributed by atoms with Gasteiger partial charge in [0.25, 0.3) is 5.69 Å². The summed E-state index contributed by atoms with van der Waals surface area (Å²) in [6.45, 7) is 1.57. The van der Waals surface area contributed by atoms with Crippen molar-refractivity contribution in [2.24, 2.45) is 5.92 Å². The number of fused-ring (bicyclic) bond motifs is 1. The molecule has 0 unspecified atom stereocenters. The number of carbonyl (C=O) groups excluding carboxylic acids is 2. The standard InChI is InChI=1S/C19H16N2O6/c1-12-16(22)27-19(14-9-5-6-10-15(14)21(24)25)18(12,20-19)17(23)26-11-13-7-3-2-4-8-13/h2-10,12,20H,11H2,1H3/t12-,18+,19+/m1/s1. The van der Waals surface area contributed by atoms with Gasteiger partial charge in [-0.15, -0.1) is 0 Å². The number of nitrogens with zero attached hydrogens (tertiary/aromatic N) is 1. The highest BCUT2D eigenvalue weighted by Crippen LogP contribution is 2.60. The first-order chi connectivity index (χ1) is 12.9. The van der Waals surface area contributed by atoms with E-state index in [1.807, 2.05) is 18.2 Å². The van der Waals surface area contributed by atoms with Crippen LogP contribution in [0.5, 0.6) is 0 Å². The SMILES string of the molecule is C[C@@H]1C(=O)O[C@]2(c3ccccc3[N+](=O)[O-])N[C@]12C(=O)OCc1ccccc1. The highest BCUT2D eigenvalue weighted by Gasteiger charge is 2.86. The number of hydrogen-bond donors (Lipinski definition) is 1. The second-order valence-corrected chi connectivity index (χ2v) is 6.59. The van der Waals surface area contributed by atoms with Crippen molar-refractivity contribution in [3.05, 3.63) is 75.8 Å². The van der Waals surface area contributed by atoms with Gasteiger partial charge in [0, 0.05) is 6.07 Å². The van der Waals surface area contributed by atoms with E-state index >= 15 is 0 Å². The molecule has 8 nitrogen and oxygen atoms in total. The number of benzene rings is 2. The zero-order valence-electron chi connectivity index (χ0n) is 14.4. The lowest BCUT2D eigenvalue weighted by Crippen LogP contribution is -2.39. The molecule has 2 aromatic rings. The summed E-state index contributed by atoms with van der Waals surface area (Å²) >= 11 is 0. The van der Waals surface area contributed by atoms with Gasteiger partial charge in [-0.05, 0) is 18.6 Å². The number of esters is 2. The fourth-order valence-electron chi connectivity index (χ4n) is 3.66. The van der Waals surface area contributed by atoms with Crippen LogP contribution in [-0.2, 0) is 31.4 Å². The molecule has 0 radical (unpaired) electrons. The van der Waals surface area contributed by atoms with E-state index in [9.17, 15) is 19.7 Å². The van der Waals surface area contributed by atoms with Crippen molar-refractivity contribution in [3.63, 3.8) is 0 Å². The van der Waals surface area contributed by atoms with Crippen molar-refractivity contribution in [2.45, 2.75) is 24.8 Å². The van der Waals surface area contributed by atoms with Gasteiger partial charge in [0.05, 0.1) is 16.4 Å². The van der Waals surface area contributed by atoms with Crippen LogP contribution in [0.4, 0.5) is 5.69 Å². The number of nitro benzene ring substituents is 1. The molecule has 138 valence electrons. The van der Waals surface area contributed by atoms with E-state index in [-0.39, 0.29) is 17.9 Å². The molecular formula is C19H16N2O6. The summed E-state index contributed by atoms with van der Waals surface area (Å²) in [6.07, 6.45) is 0. The van der Waals surface area contributed by atoms with Gasteiger partial charge in [-0.3, -0.25) is 20.2 Å². The van der Waals surface area contributed by atoms with Gasteiger partial charge in [0.2, 0.25) is 5.72 Å². The third-order valence-corrected chi connectivity index (χ3v) is 5.14. The summed E-state index contributed by atoms with van der Waals surface area (Å²) < 4.78 is 10.9. The summed E-state index contributed by atoms with van der Waals surface area (Å²) in [7, 11) is 0. The zero-order valence-corrected chi connectivity index (χ0v) is 14.4. The highest BCUT2D eigenvalue weighted by atomic mass is 16.6. The van der Waals surface area contributed by atoms with Crippen molar-refractivity contribution in [3.8, 4) is 0 Å². The normalized spacial score (nSPS) is 28.2. The van der Waals surface area contributed by atoms with E-state index in [1.54, 1.807) is 25.1 Å². The molecule has 2 heterocycles. The Morgan fingerprint density at radius 3 is 2.59 bits per heavy atom. The van der Waals surface area contributed by atoms with Crippen LogP contribution >= 0.6 is 0 Å². The molecule has 2 aliphatic rings. The predicted octanol–water partition coefficient (Wildman–Crippen LogP) is 2.03. The number of ether oxygens (including phenoxy) is 2. The first kappa shape index (κ1) is 17.2. The Kier molecular flexibility index (Phi) is 3.74. The average Bonchev–Trinajstić information content (AvgIpc) is 3.30. The number of rotatable bonds is 5. The molecule has 2 aromatic carbocycles. The molecule has 0 aliphatic carbocycles. The molecule has 1 N–H and O–H groups in total. The molecule has 2 fully saturated rings. The van der Waals surface area contributed by atoms with Crippen molar-refractivity contribution in [1.82, 2.24) is 5.32 Å². The fraction of sp³-hybridized carbons (Fsp3) is 0.263. The Morgan fingerprint density at radius 1 is 1.22 bits per heavy atom. The fourth-order valence-corrected chi connectivity index (χ4v) is 3.66. The van der Waals surface area contributed by atoms with Gasteiger partial charge in [0.1, 0.15) is 6.61 Å². The van der Waals surface area contributed by atoms with Gasteiger partial charge >= 0.3 is 11.9 Å². The molecule has 4 rings (SSSR count). The third-order valence-electron chi connectivity index (χ3n) is 5.14. The molecule has 0 amide bonds. The van der Waals surface area contributed by atoms with Gasteiger partial charge < -0.3 is 9.47 Å². The van der Waals surface area contributed by atoms with Crippen LogP contribution in [0, 0.1) is 16.0 Å². The predicted molar refractivity (Wildman–Crippen MR) is 92.1 cm³/mol. The van der Waals surface area contributed by atoms with E-state index in [0.717, 1.165) is 5.56 Å². The van der Waals surface area contributed by atoms with Crippen molar-refractivity contribution in [2.75, 3.05) is 0 Å². The number of carbonyl (C=O) groups is 2. The van der Waals surface area contributed by atoms with Crippen LogP contribution in [-0.4, -0.2) is 22.4 Å². The third kappa shape index (κ3) is 2.33. The average molecular weight is 368 g/mol. The number of nitro groups is 1. The van der Waals surface area contributed by atoms with E-state index in [4.69, 9.17) is 9.47 Å². The van der Waals surface area contributed by atoms with Crippen molar-refractivity contribution in [1.29, 1.82) is 0 Å². The Bertz CT molecular complexity index is 946. The second kappa shape index (κ2) is 5.88. The quantitative estimate of drug-likeness (QED) is 0.371. The van der Waals surface area contributed by atoms with Crippen LogP contribution < -0.4 is 5.32 Å². The van der Waals surface area contributed by atoms with E-state index < -0.39 is 34.0 Å². The van der Waals surface area contributed by atoms with Crippen LogP contribution in [0.15, 0.2) is 54.6 Å². The Hall–Kier alpha value is -3.26. The first-order valence-corrected chi connectivity index (χ1v) is 8.39. The maximum atomic E-state index is 12.9. The molecule has 8 heteroatoms. The summed E-state index contributed by atoms with van der Waals surface area (Å²) in [4.78, 5) is 36.0. The Labute approximate surface area is 154 Å². The molecule has 0 aromatic heterocycles. The second-order valence-electron chi connectivity index (χ2n) is 6.59. The minimum atomic E-state index is -1.58. The zero-order chi connectivity index (χ0) is 19.2. The van der Waals surface area contributed by atoms with Crippen LogP contribution in [0.2, 0.25) is 0 Å².